The van der Waals surface area contributed by atoms with Gasteiger partial charge in [-0.15, -0.1) is 6.58 Å². The highest BCUT2D eigenvalue weighted by atomic mass is 16.7. The smallest absolute Gasteiger partial charge is 0.184 e. The molecule has 0 amide bonds. The van der Waals surface area contributed by atoms with Crippen molar-refractivity contribution in [1.82, 2.24) is 0 Å². The maximum absolute atomic E-state index is 10.5. The molecule has 2 aliphatic heterocycles. The van der Waals surface area contributed by atoms with E-state index in [0.29, 0.717) is 0 Å². The van der Waals surface area contributed by atoms with E-state index in [9.17, 15) is 5.11 Å². The molecule has 1 aromatic carbocycles. The molecule has 3 unspecified atom stereocenters. The Morgan fingerprint density at radius 3 is 2.50 bits per heavy atom. The molecule has 1 N–H and O–H groups in total. The first-order valence-electron chi connectivity index (χ1n) is 7.49. The summed E-state index contributed by atoms with van der Waals surface area (Å²) in [6, 6.07) is 9.72. The van der Waals surface area contributed by atoms with Crippen molar-refractivity contribution >= 4 is 0 Å². The summed E-state index contributed by atoms with van der Waals surface area (Å²) < 4.78 is 17.1. The van der Waals surface area contributed by atoms with Gasteiger partial charge in [0.2, 0.25) is 0 Å². The van der Waals surface area contributed by atoms with Crippen LogP contribution in [0.2, 0.25) is 0 Å². The standard InChI is InChI=1S/C18H22O4/c1-4-18(3)15(22-18)11-10-14-17(2,19)12-20-16(21-14)13-8-6-5-7-9-13/h4-11,14-16,19H,1,12H2,2-3H3/b11-10-/t14-,15?,16+,17?,18?/m0/s1. The molecule has 2 saturated heterocycles. The van der Waals surface area contributed by atoms with E-state index in [2.05, 4.69) is 6.58 Å². The SMILES string of the molecule is C=CC1(C)OC1/C=C\[C@@H]1O[C@H](c2ccccc2)OCC1(C)O. The number of benzene rings is 1. The summed E-state index contributed by atoms with van der Waals surface area (Å²) in [6.07, 6.45) is 4.64. The van der Waals surface area contributed by atoms with Gasteiger partial charge in [0.1, 0.15) is 23.4 Å². The Balaban J connectivity index is 1.71. The van der Waals surface area contributed by atoms with E-state index < -0.39 is 18.0 Å². The van der Waals surface area contributed by atoms with Crippen molar-refractivity contribution in [2.24, 2.45) is 0 Å². The molecular formula is C18H22O4. The van der Waals surface area contributed by atoms with Crippen molar-refractivity contribution in [2.45, 2.75) is 43.5 Å². The molecule has 22 heavy (non-hydrogen) atoms. The Bertz CT molecular complexity index is 566. The first kappa shape index (κ1) is 15.4. The minimum absolute atomic E-state index is 0.0116. The van der Waals surface area contributed by atoms with Crippen LogP contribution in [0.25, 0.3) is 0 Å². The van der Waals surface area contributed by atoms with Crippen molar-refractivity contribution in [3.8, 4) is 0 Å². The second-order valence-corrected chi connectivity index (χ2v) is 6.28. The van der Waals surface area contributed by atoms with Crippen LogP contribution in [0, 0.1) is 0 Å². The van der Waals surface area contributed by atoms with E-state index in [0.717, 1.165) is 5.56 Å². The van der Waals surface area contributed by atoms with E-state index in [-0.39, 0.29) is 18.3 Å². The molecule has 5 atom stereocenters. The van der Waals surface area contributed by atoms with Gasteiger partial charge in [0, 0.05) is 5.56 Å². The van der Waals surface area contributed by atoms with E-state index in [1.807, 2.05) is 49.4 Å². The summed E-state index contributed by atoms with van der Waals surface area (Å²) in [6.45, 7) is 7.66. The molecule has 0 aliphatic carbocycles. The van der Waals surface area contributed by atoms with Crippen LogP contribution in [0.1, 0.15) is 25.7 Å². The maximum Gasteiger partial charge on any atom is 0.184 e. The van der Waals surface area contributed by atoms with Crippen LogP contribution in [0.5, 0.6) is 0 Å². The third-order valence-electron chi connectivity index (χ3n) is 4.24. The van der Waals surface area contributed by atoms with Gasteiger partial charge in [0.05, 0.1) is 6.61 Å². The zero-order chi connectivity index (χ0) is 15.8. The van der Waals surface area contributed by atoms with Gasteiger partial charge in [-0.2, -0.15) is 0 Å². The summed E-state index contributed by atoms with van der Waals surface area (Å²) in [7, 11) is 0. The topological polar surface area (TPSA) is 51.2 Å². The third kappa shape index (κ3) is 3.01. The van der Waals surface area contributed by atoms with Crippen LogP contribution >= 0.6 is 0 Å². The second kappa shape index (κ2) is 5.63. The van der Waals surface area contributed by atoms with Crippen LogP contribution in [0.15, 0.2) is 55.1 Å². The van der Waals surface area contributed by atoms with E-state index >= 15 is 0 Å². The Kier molecular flexibility index (Phi) is 3.95. The highest BCUT2D eigenvalue weighted by molar-refractivity contribution is 5.21. The van der Waals surface area contributed by atoms with Crippen LogP contribution in [-0.2, 0) is 14.2 Å². The number of hydrogen-bond donors (Lipinski definition) is 1. The summed E-state index contributed by atoms with van der Waals surface area (Å²) >= 11 is 0. The number of rotatable bonds is 4. The number of ether oxygens (including phenoxy) is 3. The van der Waals surface area contributed by atoms with Crippen molar-refractivity contribution in [1.29, 1.82) is 0 Å². The fraction of sp³-hybridized carbons (Fsp3) is 0.444. The van der Waals surface area contributed by atoms with Crippen molar-refractivity contribution in [3.63, 3.8) is 0 Å². The molecule has 3 rings (SSSR count). The Hall–Kier alpha value is -1.46. The Morgan fingerprint density at radius 2 is 1.86 bits per heavy atom. The lowest BCUT2D eigenvalue weighted by molar-refractivity contribution is -0.275. The van der Waals surface area contributed by atoms with Gasteiger partial charge in [-0.3, -0.25) is 0 Å². The number of aliphatic hydroxyl groups is 1. The fourth-order valence-electron chi connectivity index (χ4n) is 2.52. The molecule has 0 saturated carbocycles. The average Bonchev–Trinajstić information content (AvgIpc) is 3.18. The lowest BCUT2D eigenvalue weighted by atomic mass is 9.97. The monoisotopic (exact) mass is 302 g/mol. The molecule has 118 valence electrons. The highest BCUT2D eigenvalue weighted by Crippen LogP contribution is 2.39. The zero-order valence-corrected chi connectivity index (χ0v) is 12.9. The third-order valence-corrected chi connectivity index (χ3v) is 4.24. The molecule has 4 heteroatoms. The Labute approximate surface area is 131 Å². The molecule has 0 bridgehead atoms. The fourth-order valence-corrected chi connectivity index (χ4v) is 2.52. The summed E-state index contributed by atoms with van der Waals surface area (Å²) in [5.74, 6) is 0. The highest BCUT2D eigenvalue weighted by Gasteiger charge is 2.48. The molecule has 2 heterocycles. The quantitative estimate of drug-likeness (QED) is 0.686. The molecule has 2 fully saturated rings. The molecule has 2 aliphatic rings. The van der Waals surface area contributed by atoms with E-state index in [4.69, 9.17) is 14.2 Å². The summed E-state index contributed by atoms with van der Waals surface area (Å²) in [5, 5.41) is 10.5. The van der Waals surface area contributed by atoms with Crippen molar-refractivity contribution in [3.05, 3.63) is 60.7 Å². The van der Waals surface area contributed by atoms with Gasteiger partial charge >= 0.3 is 0 Å². The van der Waals surface area contributed by atoms with Gasteiger partial charge < -0.3 is 19.3 Å². The van der Waals surface area contributed by atoms with E-state index in [1.54, 1.807) is 13.0 Å². The van der Waals surface area contributed by atoms with Crippen LogP contribution in [-0.4, -0.2) is 35.1 Å². The summed E-state index contributed by atoms with van der Waals surface area (Å²) in [4.78, 5) is 0. The van der Waals surface area contributed by atoms with Gasteiger partial charge in [-0.1, -0.05) is 48.6 Å². The van der Waals surface area contributed by atoms with Gasteiger partial charge in [-0.25, -0.2) is 0 Å². The lowest BCUT2D eigenvalue weighted by Crippen LogP contribution is -2.49. The van der Waals surface area contributed by atoms with Gasteiger partial charge in [-0.05, 0) is 13.8 Å². The van der Waals surface area contributed by atoms with Crippen molar-refractivity contribution < 1.29 is 19.3 Å². The molecule has 4 nitrogen and oxygen atoms in total. The summed E-state index contributed by atoms with van der Waals surface area (Å²) in [5.41, 5.74) is -0.428. The number of epoxide rings is 1. The Morgan fingerprint density at radius 1 is 1.18 bits per heavy atom. The van der Waals surface area contributed by atoms with Crippen LogP contribution < -0.4 is 0 Å². The molecule has 0 radical (unpaired) electrons. The first-order chi connectivity index (χ1) is 10.4. The number of hydrogen-bond acceptors (Lipinski definition) is 4. The van der Waals surface area contributed by atoms with Gasteiger partial charge in [0.15, 0.2) is 6.29 Å². The lowest BCUT2D eigenvalue weighted by Gasteiger charge is -2.39. The van der Waals surface area contributed by atoms with E-state index in [1.165, 1.54) is 0 Å². The first-order valence-corrected chi connectivity index (χ1v) is 7.49. The largest absolute Gasteiger partial charge is 0.385 e. The zero-order valence-electron chi connectivity index (χ0n) is 12.9. The minimum atomic E-state index is -1.07. The van der Waals surface area contributed by atoms with Crippen molar-refractivity contribution in [2.75, 3.05) is 6.61 Å². The van der Waals surface area contributed by atoms with Gasteiger partial charge in [0.25, 0.3) is 0 Å². The molecular weight excluding hydrogens is 280 g/mol. The minimum Gasteiger partial charge on any atom is -0.385 e. The predicted octanol–water partition coefficient (Wildman–Crippen LogP) is 2.75. The maximum atomic E-state index is 10.5. The molecule has 1 aromatic rings. The predicted molar refractivity (Wildman–Crippen MR) is 83.2 cm³/mol. The average molecular weight is 302 g/mol. The van der Waals surface area contributed by atoms with Crippen LogP contribution in [0.3, 0.4) is 0 Å². The molecule has 0 aromatic heterocycles. The normalized spacial score (nSPS) is 41.5. The molecule has 0 spiro atoms. The van der Waals surface area contributed by atoms with Crippen LogP contribution in [0.4, 0.5) is 0 Å². The second-order valence-electron chi connectivity index (χ2n) is 6.28.